The van der Waals surface area contributed by atoms with Crippen molar-refractivity contribution in [2.24, 2.45) is 0 Å². The van der Waals surface area contributed by atoms with Crippen LogP contribution in [0.25, 0.3) is 0 Å². The fourth-order valence-electron chi connectivity index (χ4n) is 2.01. The predicted octanol–water partition coefficient (Wildman–Crippen LogP) is 3.32. The van der Waals surface area contributed by atoms with Crippen LogP contribution < -0.4 is 10.1 Å². The molecular formula is C16H14N2O3. The Kier molecular flexibility index (Phi) is 4.10. The first-order valence-electron chi connectivity index (χ1n) is 6.25. The number of benzene rings is 2. The first-order valence-corrected chi connectivity index (χ1v) is 6.25. The summed E-state index contributed by atoms with van der Waals surface area (Å²) in [5.41, 5.74) is 2.30. The van der Waals surface area contributed by atoms with E-state index in [1.165, 1.54) is 13.2 Å². The minimum absolute atomic E-state index is 0.135. The first kappa shape index (κ1) is 14.4. The summed E-state index contributed by atoms with van der Waals surface area (Å²) in [5.74, 6) is -0.558. The second-order valence-electron chi connectivity index (χ2n) is 4.47. The molecule has 0 aliphatic heterocycles. The molecule has 0 atom stereocenters. The number of rotatable bonds is 4. The molecule has 5 heteroatoms. The number of ether oxygens (including phenoxy) is 1. The molecule has 2 rings (SSSR count). The van der Waals surface area contributed by atoms with Crippen molar-refractivity contribution in [3.63, 3.8) is 0 Å². The van der Waals surface area contributed by atoms with Crippen LogP contribution >= 0.6 is 0 Å². The van der Waals surface area contributed by atoms with Gasteiger partial charge in [-0.2, -0.15) is 5.26 Å². The quantitative estimate of drug-likeness (QED) is 0.898. The van der Waals surface area contributed by atoms with Crippen molar-refractivity contribution in [1.82, 2.24) is 0 Å². The Morgan fingerprint density at radius 2 is 2.10 bits per heavy atom. The van der Waals surface area contributed by atoms with Gasteiger partial charge in [-0.3, -0.25) is 0 Å². The molecule has 0 aliphatic rings. The van der Waals surface area contributed by atoms with Crippen LogP contribution in [0, 0.1) is 18.3 Å². The molecule has 2 N–H and O–H groups in total. The molecule has 0 saturated heterocycles. The van der Waals surface area contributed by atoms with Crippen LogP contribution in [0.5, 0.6) is 5.75 Å². The van der Waals surface area contributed by atoms with E-state index in [4.69, 9.17) is 4.74 Å². The third kappa shape index (κ3) is 2.95. The number of carbonyl (C=O) groups is 1. The van der Waals surface area contributed by atoms with Crippen molar-refractivity contribution < 1.29 is 14.6 Å². The summed E-state index contributed by atoms with van der Waals surface area (Å²) in [6.45, 7) is 1.87. The lowest BCUT2D eigenvalue weighted by Gasteiger charge is -2.15. The monoisotopic (exact) mass is 282 g/mol. The zero-order chi connectivity index (χ0) is 15.4. The topological polar surface area (TPSA) is 82.3 Å². The molecule has 21 heavy (non-hydrogen) atoms. The number of methoxy groups -OCH3 is 1. The van der Waals surface area contributed by atoms with Crippen LogP contribution in [0.2, 0.25) is 0 Å². The van der Waals surface area contributed by atoms with E-state index in [1.54, 1.807) is 30.3 Å². The van der Waals surface area contributed by atoms with E-state index < -0.39 is 5.97 Å². The highest BCUT2D eigenvalue weighted by Gasteiger charge is 2.14. The van der Waals surface area contributed by atoms with Crippen molar-refractivity contribution >= 4 is 17.3 Å². The minimum atomic E-state index is -1.04. The molecule has 2 aromatic carbocycles. The molecule has 0 bridgehead atoms. The number of anilines is 2. The summed E-state index contributed by atoms with van der Waals surface area (Å²) >= 11 is 0. The van der Waals surface area contributed by atoms with Gasteiger partial charge in [-0.1, -0.05) is 12.1 Å². The number of nitriles is 1. The highest BCUT2D eigenvalue weighted by atomic mass is 16.5. The Labute approximate surface area is 122 Å². The molecule has 0 heterocycles. The maximum Gasteiger partial charge on any atom is 0.337 e. The fraction of sp³-hybridized carbons (Fsp3) is 0.125. The summed E-state index contributed by atoms with van der Waals surface area (Å²) in [5, 5.41) is 21.4. The molecule has 0 aromatic heterocycles. The van der Waals surface area contributed by atoms with E-state index in [1.807, 2.05) is 6.92 Å². The summed E-state index contributed by atoms with van der Waals surface area (Å²) in [4.78, 5) is 11.3. The van der Waals surface area contributed by atoms with E-state index in [0.29, 0.717) is 22.7 Å². The summed E-state index contributed by atoms with van der Waals surface area (Å²) in [6.07, 6.45) is 0. The van der Waals surface area contributed by atoms with Crippen LogP contribution in [0.4, 0.5) is 11.4 Å². The normalized spacial score (nSPS) is 9.76. The number of hydrogen-bond acceptors (Lipinski definition) is 4. The van der Waals surface area contributed by atoms with Crippen molar-refractivity contribution in [2.45, 2.75) is 6.92 Å². The largest absolute Gasteiger partial charge is 0.495 e. The number of aromatic carboxylic acids is 1. The second kappa shape index (κ2) is 5.97. The van der Waals surface area contributed by atoms with Gasteiger partial charge in [0.15, 0.2) is 0 Å². The Hall–Kier alpha value is -3.00. The molecule has 5 nitrogen and oxygen atoms in total. The van der Waals surface area contributed by atoms with Crippen LogP contribution in [-0.2, 0) is 0 Å². The molecule has 0 spiro atoms. The number of para-hydroxylation sites is 1. The van der Waals surface area contributed by atoms with Gasteiger partial charge in [-0.15, -0.1) is 0 Å². The molecule has 106 valence electrons. The van der Waals surface area contributed by atoms with Crippen LogP contribution in [0.15, 0.2) is 36.4 Å². The van der Waals surface area contributed by atoms with E-state index in [-0.39, 0.29) is 5.56 Å². The molecular weight excluding hydrogens is 268 g/mol. The second-order valence-corrected chi connectivity index (χ2v) is 4.47. The van der Waals surface area contributed by atoms with E-state index in [2.05, 4.69) is 11.4 Å². The van der Waals surface area contributed by atoms with Crippen LogP contribution in [0.3, 0.4) is 0 Å². The zero-order valence-electron chi connectivity index (χ0n) is 11.7. The first-order chi connectivity index (χ1) is 10.1. The number of nitrogens with zero attached hydrogens (tertiary/aromatic N) is 1. The summed E-state index contributed by atoms with van der Waals surface area (Å²) in [7, 11) is 1.50. The predicted molar refractivity (Wildman–Crippen MR) is 79.1 cm³/mol. The van der Waals surface area contributed by atoms with Gasteiger partial charge < -0.3 is 15.2 Å². The highest BCUT2D eigenvalue weighted by molar-refractivity contribution is 5.96. The van der Waals surface area contributed by atoms with Crippen molar-refractivity contribution in [3.8, 4) is 11.8 Å². The number of aryl methyl sites for hydroxylation is 1. The lowest BCUT2D eigenvalue weighted by atomic mass is 10.1. The average Bonchev–Trinajstić information content (AvgIpc) is 2.47. The van der Waals surface area contributed by atoms with Crippen molar-refractivity contribution in [3.05, 3.63) is 53.1 Å². The molecule has 0 fully saturated rings. The van der Waals surface area contributed by atoms with Gasteiger partial charge in [-0.05, 0) is 36.8 Å². The van der Waals surface area contributed by atoms with E-state index >= 15 is 0 Å². The highest BCUT2D eigenvalue weighted by Crippen LogP contribution is 2.32. The Morgan fingerprint density at radius 3 is 2.71 bits per heavy atom. The lowest BCUT2D eigenvalue weighted by molar-refractivity contribution is 0.0698. The molecule has 0 radical (unpaired) electrons. The zero-order valence-corrected chi connectivity index (χ0v) is 11.7. The van der Waals surface area contributed by atoms with Gasteiger partial charge in [0, 0.05) is 0 Å². The van der Waals surface area contributed by atoms with E-state index in [9.17, 15) is 15.2 Å². The van der Waals surface area contributed by atoms with Gasteiger partial charge in [0.1, 0.15) is 11.8 Å². The SMILES string of the molecule is COc1cccc(C#N)c1Nc1cc(C)ccc1C(=O)O. The van der Waals surface area contributed by atoms with E-state index in [0.717, 1.165) is 5.56 Å². The fourth-order valence-corrected chi connectivity index (χ4v) is 2.01. The third-order valence-electron chi connectivity index (χ3n) is 3.03. The van der Waals surface area contributed by atoms with Gasteiger partial charge in [0.05, 0.1) is 29.6 Å². The van der Waals surface area contributed by atoms with Gasteiger partial charge >= 0.3 is 5.97 Å². The maximum absolute atomic E-state index is 11.3. The molecule has 2 aromatic rings. The third-order valence-corrected chi connectivity index (χ3v) is 3.03. The lowest BCUT2D eigenvalue weighted by Crippen LogP contribution is -2.05. The maximum atomic E-state index is 11.3. The average molecular weight is 282 g/mol. The molecule has 0 saturated carbocycles. The summed E-state index contributed by atoms with van der Waals surface area (Å²) < 4.78 is 5.23. The summed E-state index contributed by atoms with van der Waals surface area (Å²) in [6, 6.07) is 12.1. The molecule has 0 aliphatic carbocycles. The van der Waals surface area contributed by atoms with Crippen molar-refractivity contribution in [2.75, 3.05) is 12.4 Å². The minimum Gasteiger partial charge on any atom is -0.495 e. The van der Waals surface area contributed by atoms with Gasteiger partial charge in [-0.25, -0.2) is 4.79 Å². The molecule has 0 amide bonds. The standard InChI is InChI=1S/C16H14N2O3/c1-10-6-7-12(16(19)20)13(8-10)18-15-11(9-17)4-3-5-14(15)21-2/h3-8,18H,1-2H3,(H,19,20). The Bertz CT molecular complexity index is 733. The van der Waals surface area contributed by atoms with Crippen LogP contribution in [-0.4, -0.2) is 18.2 Å². The Morgan fingerprint density at radius 1 is 1.33 bits per heavy atom. The number of carboxylic acids is 1. The van der Waals surface area contributed by atoms with Crippen LogP contribution in [0.1, 0.15) is 21.5 Å². The van der Waals surface area contributed by atoms with Gasteiger partial charge in [0.25, 0.3) is 0 Å². The van der Waals surface area contributed by atoms with Crippen molar-refractivity contribution in [1.29, 1.82) is 5.26 Å². The smallest absolute Gasteiger partial charge is 0.337 e. The van der Waals surface area contributed by atoms with Gasteiger partial charge in [0.2, 0.25) is 0 Å². The Balaban J connectivity index is 2.55. The molecule has 0 unspecified atom stereocenters. The number of hydrogen-bond donors (Lipinski definition) is 2. The number of nitrogens with one attached hydrogen (secondary N) is 1. The number of carboxylic acid groups (broad SMARTS) is 1.